The zero-order chi connectivity index (χ0) is 8.69. The van der Waals surface area contributed by atoms with Crippen LogP contribution in [0.15, 0.2) is 12.7 Å². The van der Waals surface area contributed by atoms with Crippen molar-refractivity contribution in [2.45, 2.75) is 25.9 Å². The van der Waals surface area contributed by atoms with Crippen molar-refractivity contribution in [1.29, 1.82) is 0 Å². The van der Waals surface area contributed by atoms with E-state index in [1.807, 2.05) is 0 Å². The van der Waals surface area contributed by atoms with Crippen LogP contribution in [-0.4, -0.2) is 18.4 Å². The number of carbonyl (C=O) groups is 2. The van der Waals surface area contributed by atoms with E-state index in [1.165, 1.54) is 13.0 Å². The summed E-state index contributed by atoms with van der Waals surface area (Å²) in [5.74, 6) is -0.346. The van der Waals surface area contributed by atoms with Gasteiger partial charge in [-0.15, -0.1) is 0 Å². The van der Waals surface area contributed by atoms with Crippen LogP contribution in [0.1, 0.15) is 19.8 Å². The fourth-order valence-electron chi connectivity index (χ4n) is 0.670. The second-order valence-corrected chi connectivity index (χ2v) is 2.13. The third-order valence-corrected chi connectivity index (χ3v) is 1.15. The van der Waals surface area contributed by atoms with Gasteiger partial charge in [-0.05, 0) is 6.42 Å². The smallest absolute Gasteiger partial charge is 0.303 e. The highest BCUT2D eigenvalue weighted by molar-refractivity contribution is 5.66. The number of esters is 1. The number of hydrogen-bond donors (Lipinski definition) is 0. The van der Waals surface area contributed by atoms with Crippen molar-refractivity contribution >= 4 is 12.3 Å². The molecule has 1 atom stereocenters. The molecule has 0 saturated carbocycles. The topological polar surface area (TPSA) is 43.4 Å². The molecule has 0 aliphatic rings. The molecule has 0 bridgehead atoms. The van der Waals surface area contributed by atoms with Crippen molar-refractivity contribution in [2.75, 3.05) is 0 Å². The van der Waals surface area contributed by atoms with Crippen molar-refractivity contribution in [2.24, 2.45) is 0 Å². The van der Waals surface area contributed by atoms with Gasteiger partial charge in [-0.25, -0.2) is 0 Å². The first-order valence-electron chi connectivity index (χ1n) is 3.44. The average molecular weight is 156 g/mol. The summed E-state index contributed by atoms with van der Waals surface area (Å²) in [5, 5.41) is 0. The Morgan fingerprint density at radius 1 is 1.73 bits per heavy atom. The fourth-order valence-corrected chi connectivity index (χ4v) is 0.670. The molecule has 3 nitrogen and oxygen atoms in total. The van der Waals surface area contributed by atoms with E-state index in [0.717, 1.165) is 6.29 Å². The lowest BCUT2D eigenvalue weighted by molar-refractivity contribution is -0.144. The van der Waals surface area contributed by atoms with Gasteiger partial charge < -0.3 is 9.53 Å². The minimum Gasteiger partial charge on any atom is -0.458 e. The first-order valence-corrected chi connectivity index (χ1v) is 3.44. The molecule has 0 spiro atoms. The van der Waals surface area contributed by atoms with Gasteiger partial charge in [0.25, 0.3) is 0 Å². The van der Waals surface area contributed by atoms with Crippen LogP contribution in [0.25, 0.3) is 0 Å². The second kappa shape index (κ2) is 5.65. The van der Waals surface area contributed by atoms with E-state index in [9.17, 15) is 9.59 Å². The number of rotatable bonds is 5. The number of aldehydes is 1. The Balaban J connectivity index is 3.65. The molecule has 0 N–H and O–H groups in total. The molecule has 11 heavy (non-hydrogen) atoms. The van der Waals surface area contributed by atoms with Gasteiger partial charge in [-0.1, -0.05) is 12.7 Å². The zero-order valence-corrected chi connectivity index (χ0v) is 6.58. The summed E-state index contributed by atoms with van der Waals surface area (Å²) in [4.78, 5) is 20.4. The largest absolute Gasteiger partial charge is 0.458 e. The molecule has 0 rings (SSSR count). The molecule has 3 heteroatoms. The first-order chi connectivity index (χ1) is 5.20. The zero-order valence-electron chi connectivity index (χ0n) is 6.58. The van der Waals surface area contributed by atoms with Crippen molar-refractivity contribution in [1.82, 2.24) is 0 Å². The van der Waals surface area contributed by atoms with Crippen LogP contribution in [0.3, 0.4) is 0 Å². The number of carbonyl (C=O) groups excluding carboxylic acids is 2. The van der Waals surface area contributed by atoms with Crippen LogP contribution < -0.4 is 0 Å². The first kappa shape index (κ1) is 9.88. The number of ether oxygens (including phenoxy) is 1. The third-order valence-electron chi connectivity index (χ3n) is 1.15. The van der Waals surface area contributed by atoms with Crippen LogP contribution in [-0.2, 0) is 14.3 Å². The van der Waals surface area contributed by atoms with E-state index in [4.69, 9.17) is 4.74 Å². The van der Waals surface area contributed by atoms with Crippen LogP contribution in [0.4, 0.5) is 0 Å². The van der Waals surface area contributed by atoms with Gasteiger partial charge in [0.15, 0.2) is 0 Å². The standard InChI is InChI=1S/C8H12O3/c1-3-8(5-4-6-9)11-7(2)10/h3,6,8H,1,4-5H2,2H3. The molecule has 0 saturated heterocycles. The monoisotopic (exact) mass is 156 g/mol. The quantitative estimate of drug-likeness (QED) is 0.340. The molecule has 0 amide bonds. The summed E-state index contributed by atoms with van der Waals surface area (Å²) in [6.45, 7) is 4.80. The summed E-state index contributed by atoms with van der Waals surface area (Å²) in [6, 6.07) is 0. The Morgan fingerprint density at radius 2 is 2.36 bits per heavy atom. The van der Waals surface area contributed by atoms with Crippen molar-refractivity contribution in [3.8, 4) is 0 Å². The molecule has 0 aliphatic heterocycles. The highest BCUT2D eigenvalue weighted by Crippen LogP contribution is 2.01. The molecule has 62 valence electrons. The highest BCUT2D eigenvalue weighted by Gasteiger charge is 2.05. The minimum atomic E-state index is -0.346. The molecule has 0 fully saturated rings. The lowest BCUT2D eigenvalue weighted by atomic mass is 10.2. The normalized spacial score (nSPS) is 11.7. The van der Waals surface area contributed by atoms with Crippen molar-refractivity contribution in [3.63, 3.8) is 0 Å². The number of hydrogen-bond acceptors (Lipinski definition) is 3. The summed E-state index contributed by atoms with van der Waals surface area (Å²) >= 11 is 0. The summed E-state index contributed by atoms with van der Waals surface area (Å²) in [5.41, 5.74) is 0. The molecule has 0 heterocycles. The molecule has 0 radical (unpaired) electrons. The van der Waals surface area contributed by atoms with Crippen LogP contribution in [0.2, 0.25) is 0 Å². The van der Waals surface area contributed by atoms with Crippen molar-refractivity contribution < 1.29 is 14.3 Å². The summed E-state index contributed by atoms with van der Waals surface area (Å²) in [7, 11) is 0. The lowest BCUT2D eigenvalue weighted by Crippen LogP contribution is -2.13. The van der Waals surface area contributed by atoms with Gasteiger partial charge in [-0.2, -0.15) is 0 Å². The van der Waals surface area contributed by atoms with E-state index in [0.29, 0.717) is 12.8 Å². The van der Waals surface area contributed by atoms with Gasteiger partial charge >= 0.3 is 5.97 Å². The van der Waals surface area contributed by atoms with Gasteiger partial charge in [-0.3, -0.25) is 4.79 Å². The van der Waals surface area contributed by atoms with E-state index in [-0.39, 0.29) is 12.1 Å². The second-order valence-electron chi connectivity index (χ2n) is 2.13. The Labute approximate surface area is 66.0 Å². The van der Waals surface area contributed by atoms with Gasteiger partial charge in [0.2, 0.25) is 0 Å². The Morgan fingerprint density at radius 3 is 2.73 bits per heavy atom. The molecule has 0 aromatic carbocycles. The summed E-state index contributed by atoms with van der Waals surface area (Å²) < 4.78 is 4.79. The molecule has 0 aliphatic carbocycles. The SMILES string of the molecule is C=CC(CCC=O)OC(C)=O. The fraction of sp³-hybridized carbons (Fsp3) is 0.500. The van der Waals surface area contributed by atoms with Gasteiger partial charge in [0, 0.05) is 13.3 Å². The maximum atomic E-state index is 10.4. The Hall–Kier alpha value is -1.12. The van der Waals surface area contributed by atoms with E-state index < -0.39 is 0 Å². The van der Waals surface area contributed by atoms with Crippen molar-refractivity contribution in [3.05, 3.63) is 12.7 Å². The molecule has 0 aromatic rings. The average Bonchev–Trinajstić information content (AvgIpc) is 1.97. The van der Waals surface area contributed by atoms with Gasteiger partial charge in [0.1, 0.15) is 12.4 Å². The van der Waals surface area contributed by atoms with E-state index in [1.54, 1.807) is 0 Å². The lowest BCUT2D eigenvalue weighted by Gasteiger charge is -2.09. The molecule has 0 aromatic heterocycles. The molecular formula is C8H12O3. The van der Waals surface area contributed by atoms with Crippen LogP contribution >= 0.6 is 0 Å². The Kier molecular flexibility index (Phi) is 5.07. The molecular weight excluding hydrogens is 144 g/mol. The third kappa shape index (κ3) is 5.33. The van der Waals surface area contributed by atoms with Crippen LogP contribution in [0.5, 0.6) is 0 Å². The Bertz CT molecular complexity index is 151. The predicted molar refractivity (Wildman–Crippen MR) is 41.0 cm³/mol. The maximum absolute atomic E-state index is 10.4. The maximum Gasteiger partial charge on any atom is 0.303 e. The van der Waals surface area contributed by atoms with Crippen LogP contribution in [0, 0.1) is 0 Å². The highest BCUT2D eigenvalue weighted by atomic mass is 16.5. The van der Waals surface area contributed by atoms with E-state index >= 15 is 0 Å². The molecule has 1 unspecified atom stereocenters. The minimum absolute atomic E-state index is 0.322. The predicted octanol–water partition coefficient (Wildman–Crippen LogP) is 1.08. The van der Waals surface area contributed by atoms with E-state index in [2.05, 4.69) is 6.58 Å². The van der Waals surface area contributed by atoms with Gasteiger partial charge in [0.05, 0.1) is 0 Å². The summed E-state index contributed by atoms with van der Waals surface area (Å²) in [6.07, 6.45) is 2.90.